The van der Waals surface area contributed by atoms with Crippen molar-refractivity contribution in [3.05, 3.63) is 119 Å². The number of aliphatic imine (C=N–C) groups is 2. The van der Waals surface area contributed by atoms with Gasteiger partial charge < -0.3 is 18.6 Å². The van der Waals surface area contributed by atoms with Gasteiger partial charge in [-0.1, -0.05) is 84.9 Å². The summed E-state index contributed by atoms with van der Waals surface area (Å²) in [6.45, 7) is 16.6. The Kier molecular flexibility index (Phi) is 7.29. The van der Waals surface area contributed by atoms with Gasteiger partial charge in [0.25, 0.3) is 0 Å². The van der Waals surface area contributed by atoms with Gasteiger partial charge in [-0.25, -0.2) is 9.98 Å². The number of hydrogen-bond donors (Lipinski definition) is 0. The Bertz CT molecular complexity index is 1690. The molecule has 0 radical (unpaired) electrons. The Labute approximate surface area is 273 Å². The van der Waals surface area contributed by atoms with Crippen LogP contribution in [-0.2, 0) is 18.6 Å². The summed E-state index contributed by atoms with van der Waals surface area (Å²) >= 11 is 0. The highest BCUT2D eigenvalue weighted by Crippen LogP contribution is 2.38. The second kappa shape index (κ2) is 10.9. The van der Waals surface area contributed by atoms with Crippen LogP contribution in [0.2, 0.25) is 0 Å². The quantitative estimate of drug-likeness (QED) is 0.207. The van der Waals surface area contributed by atoms with Gasteiger partial charge in [0, 0.05) is 22.3 Å². The van der Waals surface area contributed by atoms with Gasteiger partial charge in [-0.15, -0.1) is 0 Å². The van der Waals surface area contributed by atoms with E-state index >= 15 is 0 Å². The molecule has 0 atom stereocenters. The van der Waals surface area contributed by atoms with Crippen LogP contribution >= 0.6 is 0 Å². The van der Waals surface area contributed by atoms with Crippen molar-refractivity contribution in [3.8, 4) is 0 Å². The van der Waals surface area contributed by atoms with Crippen molar-refractivity contribution in [2.75, 3.05) is 0 Å². The molecule has 0 unspecified atom stereocenters. The zero-order valence-electron chi connectivity index (χ0n) is 27.9. The smallest absolute Gasteiger partial charge is 0.399 e. The van der Waals surface area contributed by atoms with E-state index in [2.05, 4.69) is 128 Å². The van der Waals surface area contributed by atoms with E-state index in [1.807, 2.05) is 24.3 Å². The second-order valence-electron chi connectivity index (χ2n) is 14.4. The fourth-order valence-corrected chi connectivity index (χ4v) is 5.90. The highest BCUT2D eigenvalue weighted by molar-refractivity contribution is 6.62. The van der Waals surface area contributed by atoms with Crippen LogP contribution in [0.15, 0.2) is 107 Å². The maximum atomic E-state index is 6.30. The van der Waals surface area contributed by atoms with Crippen LogP contribution in [0.25, 0.3) is 0 Å². The summed E-state index contributed by atoms with van der Waals surface area (Å²) in [6.07, 6.45) is 0. The van der Waals surface area contributed by atoms with Crippen LogP contribution in [0, 0.1) is 0 Å². The molecule has 3 aliphatic heterocycles. The van der Waals surface area contributed by atoms with Gasteiger partial charge in [-0.3, -0.25) is 0 Å². The zero-order chi connectivity index (χ0) is 32.5. The van der Waals surface area contributed by atoms with Gasteiger partial charge >= 0.3 is 14.2 Å². The molecule has 6 nitrogen and oxygen atoms in total. The average Bonchev–Trinajstić information content (AvgIpc) is 3.37. The largest absolute Gasteiger partial charge is 0.494 e. The minimum atomic E-state index is -0.422. The van der Waals surface area contributed by atoms with E-state index in [-0.39, 0.29) is 0 Å². The van der Waals surface area contributed by atoms with Gasteiger partial charge in [0.05, 0.1) is 45.2 Å². The van der Waals surface area contributed by atoms with E-state index in [4.69, 9.17) is 28.6 Å². The summed E-state index contributed by atoms with van der Waals surface area (Å²) in [6, 6.07) is 33.1. The molecule has 0 bridgehead atoms. The normalized spacial score (nSPS) is 23.0. The molecule has 3 heterocycles. The van der Waals surface area contributed by atoms with Crippen LogP contribution in [0.3, 0.4) is 0 Å². The molecule has 4 aromatic carbocycles. The van der Waals surface area contributed by atoms with E-state index in [0.29, 0.717) is 0 Å². The summed E-state index contributed by atoms with van der Waals surface area (Å²) in [4.78, 5) is 10.6. The lowest BCUT2D eigenvalue weighted by atomic mass is 9.78. The van der Waals surface area contributed by atoms with Crippen LogP contribution in [0.1, 0.15) is 77.6 Å². The molecule has 8 heteroatoms. The van der Waals surface area contributed by atoms with E-state index in [1.54, 1.807) is 0 Å². The van der Waals surface area contributed by atoms with Gasteiger partial charge in [-0.05, 0) is 78.4 Å². The number of para-hydroxylation sites is 2. The standard InChI is InChI=1S/C38H40B2N2O4/c1-35(2)36(3,4)44-39(43-35)27-21-17-25(18-22-27)33-29-13-9-11-15-31(29)42-34(30-14-10-12-16-32(30)41-33)26-19-23-28(24-20-26)40-45-37(5,6)38(7,8)46-40/h9-24H,1-8H3/b33-29?,34-30?,41-32?,41-33-,42-31?,42-34-. The average molecular weight is 610 g/mol. The first-order chi connectivity index (χ1) is 21.7. The molecular formula is C38H40B2N2O4. The number of nitrogens with zero attached hydrogens (tertiary/aromatic N) is 2. The van der Waals surface area contributed by atoms with Crippen molar-refractivity contribution >= 4 is 48.0 Å². The Morgan fingerprint density at radius 1 is 0.413 bits per heavy atom. The van der Waals surface area contributed by atoms with Gasteiger partial charge in [-0.2, -0.15) is 0 Å². The monoisotopic (exact) mass is 610 g/mol. The van der Waals surface area contributed by atoms with Crippen molar-refractivity contribution < 1.29 is 18.6 Å². The SMILES string of the molecule is CC1(C)OB(c2ccc(/C3=N/c4ccccc4/C(c4ccc(B5OC(C)(C)C(C)(C)O5)cc4)=N\c4ccccc43)cc2)OC1(C)C. The molecule has 0 spiro atoms. The van der Waals surface area contributed by atoms with Crippen LogP contribution in [-0.4, -0.2) is 48.1 Å². The summed E-state index contributed by atoms with van der Waals surface area (Å²) in [5.74, 6) is 0. The number of hydrogen-bond acceptors (Lipinski definition) is 6. The van der Waals surface area contributed by atoms with Crippen molar-refractivity contribution in [2.45, 2.75) is 77.8 Å². The van der Waals surface area contributed by atoms with Crippen molar-refractivity contribution in [2.24, 2.45) is 9.98 Å². The fraction of sp³-hybridized carbons (Fsp3) is 0.316. The summed E-state index contributed by atoms with van der Waals surface area (Å²) < 4.78 is 25.2. The Hall–Kier alpha value is -3.81. The summed E-state index contributed by atoms with van der Waals surface area (Å²) in [7, 11) is -0.843. The van der Waals surface area contributed by atoms with E-state index in [9.17, 15) is 0 Å². The molecule has 4 aromatic rings. The third kappa shape index (κ3) is 5.27. The molecule has 2 fully saturated rings. The van der Waals surface area contributed by atoms with E-state index < -0.39 is 36.6 Å². The molecule has 0 aliphatic carbocycles. The minimum absolute atomic E-state index is 0.398. The first-order valence-corrected chi connectivity index (χ1v) is 16.0. The van der Waals surface area contributed by atoms with Crippen LogP contribution in [0.5, 0.6) is 0 Å². The van der Waals surface area contributed by atoms with Crippen LogP contribution < -0.4 is 10.9 Å². The number of fused-ring (bicyclic) bond motifs is 2. The lowest BCUT2D eigenvalue weighted by Crippen LogP contribution is -2.41. The molecule has 0 aromatic heterocycles. The minimum Gasteiger partial charge on any atom is -0.399 e. The molecule has 0 amide bonds. The molecule has 2 saturated heterocycles. The molecule has 3 aliphatic rings. The zero-order valence-corrected chi connectivity index (χ0v) is 27.9. The lowest BCUT2D eigenvalue weighted by Gasteiger charge is -2.32. The maximum Gasteiger partial charge on any atom is 0.494 e. The molecule has 46 heavy (non-hydrogen) atoms. The predicted molar refractivity (Wildman–Crippen MR) is 188 cm³/mol. The van der Waals surface area contributed by atoms with Gasteiger partial charge in [0.1, 0.15) is 0 Å². The summed E-state index contributed by atoms with van der Waals surface area (Å²) in [5, 5.41) is 0. The first kappa shape index (κ1) is 30.8. The van der Waals surface area contributed by atoms with Crippen molar-refractivity contribution in [1.82, 2.24) is 0 Å². The topological polar surface area (TPSA) is 61.6 Å². The van der Waals surface area contributed by atoms with E-state index in [0.717, 1.165) is 56.0 Å². The Balaban J connectivity index is 1.25. The third-order valence-corrected chi connectivity index (χ3v) is 10.2. The van der Waals surface area contributed by atoms with Gasteiger partial charge in [0.2, 0.25) is 0 Å². The second-order valence-corrected chi connectivity index (χ2v) is 14.4. The molecule has 0 saturated carbocycles. The highest BCUT2D eigenvalue weighted by Gasteiger charge is 2.52. The van der Waals surface area contributed by atoms with Crippen LogP contribution in [0.4, 0.5) is 11.4 Å². The molecule has 0 N–H and O–H groups in total. The fourth-order valence-electron chi connectivity index (χ4n) is 5.90. The number of rotatable bonds is 4. The lowest BCUT2D eigenvalue weighted by molar-refractivity contribution is 0.00578. The van der Waals surface area contributed by atoms with Gasteiger partial charge in [0.15, 0.2) is 0 Å². The Morgan fingerprint density at radius 2 is 0.717 bits per heavy atom. The third-order valence-electron chi connectivity index (χ3n) is 10.2. The molecule has 232 valence electrons. The molecular weight excluding hydrogens is 570 g/mol. The highest BCUT2D eigenvalue weighted by atomic mass is 16.7. The van der Waals surface area contributed by atoms with Crippen molar-refractivity contribution in [3.63, 3.8) is 0 Å². The Morgan fingerprint density at radius 3 is 1.04 bits per heavy atom. The predicted octanol–water partition coefficient (Wildman–Crippen LogP) is 6.94. The maximum absolute atomic E-state index is 6.30. The van der Waals surface area contributed by atoms with Crippen molar-refractivity contribution in [1.29, 1.82) is 0 Å². The first-order valence-electron chi connectivity index (χ1n) is 16.0. The summed E-state index contributed by atoms with van der Waals surface area (Å²) in [5.41, 5.74) is 7.72. The van der Waals surface area contributed by atoms with E-state index in [1.165, 1.54) is 0 Å². The molecule has 7 rings (SSSR count). The number of benzene rings is 4.